The second-order valence-corrected chi connectivity index (χ2v) is 5.22. The molecule has 0 radical (unpaired) electrons. The van der Waals surface area contributed by atoms with Crippen molar-refractivity contribution in [1.29, 1.82) is 0 Å². The van der Waals surface area contributed by atoms with E-state index in [9.17, 15) is 0 Å². The minimum absolute atomic E-state index is 0.0458. The van der Waals surface area contributed by atoms with E-state index in [2.05, 4.69) is 48.5 Å². The van der Waals surface area contributed by atoms with E-state index >= 15 is 0 Å². The lowest BCUT2D eigenvalue weighted by Crippen LogP contribution is -2.48. The molecule has 0 amide bonds. The average Bonchev–Trinajstić information content (AvgIpc) is 2.24. The van der Waals surface area contributed by atoms with Crippen molar-refractivity contribution in [3.8, 4) is 0 Å². The molecule has 3 rings (SSSR count). The maximum absolute atomic E-state index is 4.50. The molecule has 1 N–H and O–H groups in total. The van der Waals surface area contributed by atoms with Crippen LogP contribution in [-0.4, -0.2) is 11.8 Å². The molecule has 2 heterocycles. The molecule has 2 unspecified atom stereocenters. The van der Waals surface area contributed by atoms with Crippen molar-refractivity contribution >= 4 is 6.21 Å². The summed E-state index contributed by atoms with van der Waals surface area (Å²) < 4.78 is 0. The van der Waals surface area contributed by atoms with Crippen LogP contribution in [0.1, 0.15) is 20.3 Å². The molecule has 0 aromatic heterocycles. The van der Waals surface area contributed by atoms with Crippen LogP contribution >= 0.6 is 0 Å². The molecule has 2 atom stereocenters. The number of aliphatic imine (C=N–C) groups is 1. The second kappa shape index (κ2) is 2.97. The molecule has 0 bridgehead atoms. The molecule has 2 aliphatic heterocycles. The van der Waals surface area contributed by atoms with Gasteiger partial charge in [0.25, 0.3) is 0 Å². The lowest BCUT2D eigenvalue weighted by Gasteiger charge is -2.45. The third-order valence-electron chi connectivity index (χ3n) is 3.77. The molecule has 0 aromatic rings. The standard InChI is InChI=1S/C14H16N2/c1-13-6-4-7-15-12(13)9-11-5-3-8-16-14(11,2)10-13/h3-9,16H,10H2,1-2H3. The van der Waals surface area contributed by atoms with Gasteiger partial charge in [-0.2, -0.15) is 0 Å². The Morgan fingerprint density at radius 3 is 3.06 bits per heavy atom. The quantitative estimate of drug-likeness (QED) is 0.656. The van der Waals surface area contributed by atoms with Gasteiger partial charge in [-0.05, 0) is 43.3 Å². The van der Waals surface area contributed by atoms with Gasteiger partial charge >= 0.3 is 0 Å². The Labute approximate surface area is 96.2 Å². The molecule has 2 heteroatoms. The third kappa shape index (κ3) is 1.22. The van der Waals surface area contributed by atoms with Crippen molar-refractivity contribution in [2.45, 2.75) is 25.8 Å². The summed E-state index contributed by atoms with van der Waals surface area (Å²) in [5.74, 6) is 0. The topological polar surface area (TPSA) is 24.4 Å². The van der Waals surface area contributed by atoms with E-state index in [1.807, 2.05) is 18.5 Å². The molecule has 0 saturated heterocycles. The van der Waals surface area contributed by atoms with Gasteiger partial charge < -0.3 is 5.32 Å². The Balaban J connectivity index is 2.14. The number of nitrogens with one attached hydrogen (secondary N) is 1. The molecule has 0 aromatic carbocycles. The van der Waals surface area contributed by atoms with Crippen LogP contribution in [0, 0.1) is 5.41 Å². The number of dihydropyridines is 2. The van der Waals surface area contributed by atoms with Gasteiger partial charge in [0.15, 0.2) is 0 Å². The first kappa shape index (κ1) is 9.64. The molecular formula is C14H16N2. The van der Waals surface area contributed by atoms with Gasteiger partial charge in [0.2, 0.25) is 0 Å². The van der Waals surface area contributed by atoms with Crippen LogP contribution in [0.4, 0.5) is 0 Å². The summed E-state index contributed by atoms with van der Waals surface area (Å²) in [5.41, 5.74) is 2.62. The fourth-order valence-corrected chi connectivity index (χ4v) is 2.86. The Kier molecular flexibility index (Phi) is 1.79. The minimum Gasteiger partial charge on any atom is -0.382 e. The van der Waals surface area contributed by atoms with E-state index < -0.39 is 0 Å². The van der Waals surface area contributed by atoms with Gasteiger partial charge in [-0.15, -0.1) is 0 Å². The molecule has 1 aliphatic carbocycles. The molecule has 16 heavy (non-hydrogen) atoms. The Hall–Kier alpha value is -1.57. The van der Waals surface area contributed by atoms with E-state index in [-0.39, 0.29) is 11.0 Å². The maximum Gasteiger partial charge on any atom is 0.0604 e. The normalized spacial score (nSPS) is 39.4. The summed E-state index contributed by atoms with van der Waals surface area (Å²) in [5, 5.41) is 3.48. The van der Waals surface area contributed by atoms with Crippen molar-refractivity contribution in [2.75, 3.05) is 0 Å². The predicted octanol–water partition coefficient (Wildman–Crippen LogP) is 2.72. The summed E-state index contributed by atoms with van der Waals surface area (Å²) >= 11 is 0. The number of fused-ring (bicyclic) bond motifs is 2. The van der Waals surface area contributed by atoms with Crippen LogP contribution in [0.5, 0.6) is 0 Å². The molecule has 3 aliphatic rings. The third-order valence-corrected chi connectivity index (χ3v) is 3.77. The number of hydrogen-bond donors (Lipinski definition) is 1. The summed E-state index contributed by atoms with van der Waals surface area (Å²) in [6.45, 7) is 4.51. The highest BCUT2D eigenvalue weighted by Crippen LogP contribution is 2.47. The Morgan fingerprint density at radius 1 is 1.31 bits per heavy atom. The lowest BCUT2D eigenvalue weighted by atomic mass is 9.66. The summed E-state index contributed by atoms with van der Waals surface area (Å²) in [4.78, 5) is 4.50. The van der Waals surface area contributed by atoms with Gasteiger partial charge in [0, 0.05) is 11.6 Å². The van der Waals surface area contributed by atoms with Crippen LogP contribution < -0.4 is 5.32 Å². The summed E-state index contributed by atoms with van der Waals surface area (Å²) in [6.07, 6.45) is 15.7. The fourth-order valence-electron chi connectivity index (χ4n) is 2.86. The molecular weight excluding hydrogens is 196 g/mol. The van der Waals surface area contributed by atoms with Crippen LogP contribution in [-0.2, 0) is 0 Å². The largest absolute Gasteiger partial charge is 0.382 e. The number of allylic oxidation sites excluding steroid dienone is 4. The van der Waals surface area contributed by atoms with Crippen molar-refractivity contribution in [1.82, 2.24) is 5.32 Å². The van der Waals surface area contributed by atoms with Crippen LogP contribution in [0.2, 0.25) is 0 Å². The van der Waals surface area contributed by atoms with Crippen LogP contribution in [0.3, 0.4) is 0 Å². The van der Waals surface area contributed by atoms with E-state index in [1.165, 1.54) is 11.3 Å². The highest BCUT2D eigenvalue weighted by Gasteiger charge is 2.43. The Morgan fingerprint density at radius 2 is 2.19 bits per heavy atom. The molecule has 0 saturated carbocycles. The van der Waals surface area contributed by atoms with Gasteiger partial charge in [-0.3, -0.25) is 4.99 Å². The zero-order chi connectivity index (χ0) is 11.2. The lowest BCUT2D eigenvalue weighted by molar-refractivity contribution is 0.307. The zero-order valence-electron chi connectivity index (χ0n) is 9.70. The highest BCUT2D eigenvalue weighted by atomic mass is 15.0. The van der Waals surface area contributed by atoms with Crippen LogP contribution in [0.25, 0.3) is 0 Å². The predicted molar refractivity (Wildman–Crippen MR) is 67.2 cm³/mol. The van der Waals surface area contributed by atoms with Crippen molar-refractivity contribution in [3.63, 3.8) is 0 Å². The average molecular weight is 212 g/mol. The number of hydrogen-bond acceptors (Lipinski definition) is 2. The second-order valence-electron chi connectivity index (χ2n) is 5.22. The molecule has 0 fully saturated rings. The number of nitrogens with zero attached hydrogens (tertiary/aromatic N) is 1. The fraction of sp³-hybridized carbons (Fsp3) is 0.357. The van der Waals surface area contributed by atoms with Crippen molar-refractivity contribution < 1.29 is 0 Å². The highest BCUT2D eigenvalue weighted by molar-refractivity contribution is 5.75. The van der Waals surface area contributed by atoms with Gasteiger partial charge in [-0.1, -0.05) is 19.1 Å². The summed E-state index contributed by atoms with van der Waals surface area (Å²) in [6, 6.07) is 0. The maximum atomic E-state index is 4.50. The van der Waals surface area contributed by atoms with E-state index in [0.717, 1.165) is 6.42 Å². The smallest absolute Gasteiger partial charge is 0.0604 e. The minimum atomic E-state index is 0.0458. The van der Waals surface area contributed by atoms with Crippen molar-refractivity contribution in [3.05, 3.63) is 47.9 Å². The first-order valence-electron chi connectivity index (χ1n) is 5.72. The van der Waals surface area contributed by atoms with E-state index in [1.54, 1.807) is 0 Å². The monoisotopic (exact) mass is 212 g/mol. The van der Waals surface area contributed by atoms with Gasteiger partial charge in [0.05, 0.1) is 11.2 Å². The SMILES string of the molecule is CC12C=CC=NC1=CC1=CC=CNC1(C)C2. The first-order chi connectivity index (χ1) is 7.62. The number of rotatable bonds is 0. The summed E-state index contributed by atoms with van der Waals surface area (Å²) in [7, 11) is 0. The van der Waals surface area contributed by atoms with E-state index in [0.29, 0.717) is 0 Å². The van der Waals surface area contributed by atoms with Gasteiger partial charge in [0.1, 0.15) is 0 Å². The first-order valence-corrected chi connectivity index (χ1v) is 5.72. The molecule has 2 nitrogen and oxygen atoms in total. The zero-order valence-corrected chi connectivity index (χ0v) is 9.70. The van der Waals surface area contributed by atoms with Crippen molar-refractivity contribution in [2.24, 2.45) is 10.4 Å². The van der Waals surface area contributed by atoms with Gasteiger partial charge in [-0.25, -0.2) is 0 Å². The van der Waals surface area contributed by atoms with Crippen LogP contribution in [0.15, 0.2) is 52.8 Å². The van der Waals surface area contributed by atoms with E-state index in [4.69, 9.17) is 0 Å². The Bertz CT molecular complexity index is 479. The molecule has 82 valence electrons. The molecule has 0 spiro atoms.